The number of aliphatic hydroxyl groups excluding tert-OH is 1. The lowest BCUT2D eigenvalue weighted by Crippen LogP contribution is -2.40. The van der Waals surface area contributed by atoms with Gasteiger partial charge >= 0.3 is 0 Å². The molecule has 0 saturated heterocycles. The summed E-state index contributed by atoms with van der Waals surface area (Å²) in [6.07, 6.45) is 0.441. The fourth-order valence-electron chi connectivity index (χ4n) is 1.28. The minimum atomic E-state index is -0.765. The maximum absolute atomic E-state index is 9.98. The predicted molar refractivity (Wildman–Crippen MR) is 49.8 cm³/mol. The molecule has 0 heterocycles. The summed E-state index contributed by atoms with van der Waals surface area (Å²) in [5.41, 5.74) is 4.51. The van der Waals surface area contributed by atoms with E-state index in [2.05, 4.69) is 0 Å². The Labute approximate surface area is 74.6 Å². The second-order valence-corrected chi connectivity index (χ2v) is 3.71. The Kier molecular flexibility index (Phi) is 4.75. The highest BCUT2D eigenvalue weighted by Crippen LogP contribution is 2.25. The van der Waals surface area contributed by atoms with Crippen LogP contribution in [0.1, 0.15) is 33.6 Å². The van der Waals surface area contributed by atoms with Gasteiger partial charge in [-0.25, -0.2) is 0 Å². The van der Waals surface area contributed by atoms with Gasteiger partial charge in [0.1, 0.15) is 0 Å². The van der Waals surface area contributed by atoms with Crippen LogP contribution in [0.4, 0.5) is 0 Å². The molecule has 0 aromatic carbocycles. The normalized spacial score (nSPS) is 19.2. The minimum Gasteiger partial charge on any atom is -0.392 e. The molecule has 0 aliphatic rings. The van der Waals surface area contributed by atoms with Crippen LogP contribution in [0.25, 0.3) is 0 Å². The van der Waals surface area contributed by atoms with E-state index in [1.807, 2.05) is 20.8 Å². The molecule has 0 spiro atoms. The molecule has 0 aromatic rings. The molecule has 0 aliphatic carbocycles. The maximum Gasteiger partial charge on any atom is 0.0693 e. The van der Waals surface area contributed by atoms with Crippen molar-refractivity contribution in [1.82, 2.24) is 0 Å². The van der Waals surface area contributed by atoms with Gasteiger partial charge in [-0.1, -0.05) is 20.8 Å². The van der Waals surface area contributed by atoms with Crippen molar-refractivity contribution in [2.24, 2.45) is 11.7 Å². The molecule has 0 amide bonds. The van der Waals surface area contributed by atoms with Gasteiger partial charge in [0.2, 0.25) is 0 Å². The number of hydrogen-bond donors (Lipinski definition) is 3. The summed E-state index contributed by atoms with van der Waals surface area (Å²) in [4.78, 5) is 0. The monoisotopic (exact) mass is 175 g/mol. The summed E-state index contributed by atoms with van der Waals surface area (Å²) >= 11 is 0. The van der Waals surface area contributed by atoms with Crippen LogP contribution in [-0.4, -0.2) is 28.5 Å². The fourth-order valence-corrected chi connectivity index (χ4v) is 1.28. The van der Waals surface area contributed by atoms with Crippen LogP contribution in [0.5, 0.6) is 0 Å². The summed E-state index contributed by atoms with van der Waals surface area (Å²) < 4.78 is 0. The largest absolute Gasteiger partial charge is 0.392 e. The molecular formula is C9H21NO2. The smallest absolute Gasteiger partial charge is 0.0693 e. The van der Waals surface area contributed by atoms with Gasteiger partial charge in [0.05, 0.1) is 11.7 Å². The van der Waals surface area contributed by atoms with Crippen LogP contribution < -0.4 is 5.73 Å². The first-order chi connectivity index (χ1) is 5.46. The zero-order valence-corrected chi connectivity index (χ0v) is 8.25. The molecule has 3 heteroatoms. The maximum atomic E-state index is 9.98. The third-order valence-corrected chi connectivity index (χ3v) is 2.55. The van der Waals surface area contributed by atoms with Gasteiger partial charge in [-0.3, -0.25) is 0 Å². The molecule has 12 heavy (non-hydrogen) atoms. The minimum absolute atomic E-state index is 0.156. The molecule has 0 radical (unpaired) electrons. The van der Waals surface area contributed by atoms with Crippen LogP contribution in [0, 0.1) is 5.92 Å². The quantitative estimate of drug-likeness (QED) is 0.570. The van der Waals surface area contributed by atoms with Gasteiger partial charge in [-0.15, -0.1) is 0 Å². The van der Waals surface area contributed by atoms with Crippen LogP contribution in [0.3, 0.4) is 0 Å². The van der Waals surface area contributed by atoms with E-state index in [4.69, 9.17) is 5.73 Å². The third kappa shape index (κ3) is 3.09. The van der Waals surface area contributed by atoms with E-state index in [1.165, 1.54) is 0 Å². The molecule has 3 nitrogen and oxygen atoms in total. The first kappa shape index (κ1) is 11.9. The molecule has 0 fully saturated rings. The molecule has 2 atom stereocenters. The van der Waals surface area contributed by atoms with E-state index in [0.717, 1.165) is 0 Å². The highest BCUT2D eigenvalue weighted by Gasteiger charge is 2.30. The van der Waals surface area contributed by atoms with Crippen LogP contribution in [0.2, 0.25) is 0 Å². The number of hydrogen-bond acceptors (Lipinski definition) is 3. The standard InChI is InChI=1S/C9H21NO2/c1-4-9(12,7(2)3)5-8(11)6-10/h7-8,11-12H,4-6,10H2,1-3H3/t8-,9+/m0/s1. The lowest BCUT2D eigenvalue weighted by Gasteiger charge is -2.32. The van der Waals surface area contributed by atoms with Crippen molar-refractivity contribution in [3.63, 3.8) is 0 Å². The van der Waals surface area contributed by atoms with Crippen LogP contribution in [0.15, 0.2) is 0 Å². The van der Waals surface area contributed by atoms with Gasteiger partial charge in [0, 0.05) is 13.0 Å². The Morgan fingerprint density at radius 1 is 1.42 bits per heavy atom. The first-order valence-electron chi connectivity index (χ1n) is 4.56. The van der Waals surface area contributed by atoms with Crippen molar-refractivity contribution in [2.45, 2.75) is 45.3 Å². The third-order valence-electron chi connectivity index (χ3n) is 2.55. The molecule has 0 unspecified atom stereocenters. The van der Waals surface area contributed by atoms with Crippen LogP contribution >= 0.6 is 0 Å². The molecule has 0 rings (SSSR count). The van der Waals surface area contributed by atoms with E-state index in [9.17, 15) is 10.2 Å². The first-order valence-corrected chi connectivity index (χ1v) is 4.56. The fraction of sp³-hybridized carbons (Fsp3) is 1.00. The van der Waals surface area contributed by atoms with E-state index in [0.29, 0.717) is 12.8 Å². The van der Waals surface area contributed by atoms with E-state index in [1.54, 1.807) is 0 Å². The van der Waals surface area contributed by atoms with E-state index in [-0.39, 0.29) is 12.5 Å². The zero-order valence-electron chi connectivity index (χ0n) is 8.25. The summed E-state index contributed by atoms with van der Waals surface area (Å²) in [7, 11) is 0. The average molecular weight is 175 g/mol. The number of rotatable bonds is 5. The Bertz CT molecular complexity index is 128. The molecule has 4 N–H and O–H groups in total. The lowest BCUT2D eigenvalue weighted by molar-refractivity contribution is -0.0467. The highest BCUT2D eigenvalue weighted by molar-refractivity contribution is 4.83. The van der Waals surface area contributed by atoms with Gasteiger partial charge in [0.25, 0.3) is 0 Å². The molecule has 0 saturated carbocycles. The second kappa shape index (κ2) is 4.80. The SMILES string of the molecule is CC[C@@](O)(C[C@H](O)CN)C(C)C. The van der Waals surface area contributed by atoms with Crippen molar-refractivity contribution in [1.29, 1.82) is 0 Å². The molecule has 0 aliphatic heterocycles. The van der Waals surface area contributed by atoms with Gasteiger partial charge in [0.15, 0.2) is 0 Å². The summed E-state index contributed by atoms with van der Waals surface area (Å²) in [6.45, 7) is 6.04. The average Bonchev–Trinajstić information content (AvgIpc) is 2.03. The Morgan fingerprint density at radius 3 is 2.17 bits per heavy atom. The molecule has 74 valence electrons. The van der Waals surface area contributed by atoms with Gasteiger partial charge in [-0.2, -0.15) is 0 Å². The number of aliphatic hydroxyl groups is 2. The Morgan fingerprint density at radius 2 is 1.92 bits per heavy atom. The zero-order chi connectivity index (χ0) is 9.78. The van der Waals surface area contributed by atoms with Crippen molar-refractivity contribution in [3.8, 4) is 0 Å². The van der Waals surface area contributed by atoms with E-state index < -0.39 is 11.7 Å². The lowest BCUT2D eigenvalue weighted by atomic mass is 9.83. The summed E-state index contributed by atoms with van der Waals surface area (Å²) in [5.74, 6) is 0.156. The van der Waals surface area contributed by atoms with Crippen LogP contribution in [-0.2, 0) is 0 Å². The second-order valence-electron chi connectivity index (χ2n) is 3.71. The topological polar surface area (TPSA) is 66.5 Å². The molecule has 0 aromatic heterocycles. The van der Waals surface area contributed by atoms with Gasteiger partial charge in [-0.05, 0) is 12.3 Å². The van der Waals surface area contributed by atoms with Crippen molar-refractivity contribution >= 4 is 0 Å². The number of nitrogens with two attached hydrogens (primary N) is 1. The Balaban J connectivity index is 4.14. The highest BCUT2D eigenvalue weighted by atomic mass is 16.3. The molecule has 0 bridgehead atoms. The molecular weight excluding hydrogens is 154 g/mol. The summed E-state index contributed by atoms with van der Waals surface area (Å²) in [6, 6.07) is 0. The van der Waals surface area contributed by atoms with E-state index >= 15 is 0 Å². The van der Waals surface area contributed by atoms with Crippen molar-refractivity contribution in [3.05, 3.63) is 0 Å². The predicted octanol–water partition coefficient (Wildman–Crippen LogP) is 0.493. The van der Waals surface area contributed by atoms with Crippen molar-refractivity contribution < 1.29 is 10.2 Å². The van der Waals surface area contributed by atoms with Crippen molar-refractivity contribution in [2.75, 3.05) is 6.54 Å². The van der Waals surface area contributed by atoms with Gasteiger partial charge < -0.3 is 15.9 Å². The Hall–Kier alpha value is -0.120. The summed E-state index contributed by atoms with van der Waals surface area (Å²) in [5, 5.41) is 19.3.